The first-order valence-corrected chi connectivity index (χ1v) is 9.43. The lowest BCUT2D eigenvalue weighted by atomic mass is 9.87. The van der Waals surface area contributed by atoms with Crippen molar-refractivity contribution in [2.75, 3.05) is 0 Å². The molecule has 0 N–H and O–H groups in total. The van der Waals surface area contributed by atoms with E-state index in [1.807, 2.05) is 0 Å². The Labute approximate surface area is 122 Å². The average Bonchev–Trinajstić information content (AvgIpc) is 2.39. The molecule has 1 saturated carbocycles. The molecule has 0 unspecified atom stereocenters. The van der Waals surface area contributed by atoms with Crippen LogP contribution in [0.5, 0.6) is 0 Å². The summed E-state index contributed by atoms with van der Waals surface area (Å²) in [6.07, 6.45) is 25.4. The summed E-state index contributed by atoms with van der Waals surface area (Å²) < 4.78 is 0. The van der Waals surface area contributed by atoms with Crippen LogP contribution in [0.1, 0.15) is 116 Å². The van der Waals surface area contributed by atoms with Crippen molar-refractivity contribution >= 4 is 0 Å². The fraction of sp³-hybridized carbons (Fsp3) is 1.00. The molecular formula is C19H38. The standard InChI is InChI=1S/C19H38/c1-2-3-4-5-6-7-8-10-13-16-19-17-14-11-9-12-15-18-19/h19H,2-18H2,1H3. The molecule has 0 heteroatoms. The van der Waals surface area contributed by atoms with Gasteiger partial charge in [0.15, 0.2) is 0 Å². The molecule has 1 aliphatic rings. The Bertz CT molecular complexity index is 165. The van der Waals surface area contributed by atoms with Gasteiger partial charge in [0.1, 0.15) is 0 Å². The lowest BCUT2D eigenvalue weighted by Crippen LogP contribution is -2.03. The highest BCUT2D eigenvalue weighted by atomic mass is 14.2. The van der Waals surface area contributed by atoms with Crippen LogP contribution < -0.4 is 0 Å². The van der Waals surface area contributed by atoms with E-state index in [-0.39, 0.29) is 0 Å². The van der Waals surface area contributed by atoms with Crippen LogP contribution in [0, 0.1) is 5.92 Å². The summed E-state index contributed by atoms with van der Waals surface area (Å²) in [6.45, 7) is 2.30. The van der Waals surface area contributed by atoms with Gasteiger partial charge in [-0.2, -0.15) is 0 Å². The number of unbranched alkanes of at least 4 members (excludes halogenated alkanes) is 8. The Kier molecular flexibility index (Phi) is 11.7. The maximum atomic E-state index is 2.30. The van der Waals surface area contributed by atoms with Gasteiger partial charge in [-0.05, 0) is 5.92 Å². The summed E-state index contributed by atoms with van der Waals surface area (Å²) in [5, 5.41) is 0. The Morgan fingerprint density at radius 1 is 0.579 bits per heavy atom. The Morgan fingerprint density at radius 3 is 1.63 bits per heavy atom. The summed E-state index contributed by atoms with van der Waals surface area (Å²) in [7, 11) is 0. The fourth-order valence-electron chi connectivity index (χ4n) is 3.57. The highest BCUT2D eigenvalue weighted by Gasteiger charge is 2.10. The molecule has 0 bridgehead atoms. The summed E-state index contributed by atoms with van der Waals surface area (Å²) in [4.78, 5) is 0. The molecule has 0 radical (unpaired) electrons. The second kappa shape index (κ2) is 13.0. The predicted molar refractivity (Wildman–Crippen MR) is 87.7 cm³/mol. The van der Waals surface area contributed by atoms with Gasteiger partial charge in [0.05, 0.1) is 0 Å². The van der Waals surface area contributed by atoms with Crippen molar-refractivity contribution in [2.24, 2.45) is 5.92 Å². The largest absolute Gasteiger partial charge is 0.0654 e. The summed E-state index contributed by atoms with van der Waals surface area (Å²) in [5.74, 6) is 1.09. The molecule has 1 aliphatic carbocycles. The zero-order valence-corrected chi connectivity index (χ0v) is 13.6. The van der Waals surface area contributed by atoms with Crippen molar-refractivity contribution in [1.82, 2.24) is 0 Å². The van der Waals surface area contributed by atoms with E-state index in [1.165, 1.54) is 109 Å². The van der Waals surface area contributed by atoms with Crippen LogP contribution in [0.25, 0.3) is 0 Å². The Morgan fingerprint density at radius 2 is 1.05 bits per heavy atom. The SMILES string of the molecule is CCCCCCCCCCCC1CCCCCCC1. The number of hydrogen-bond acceptors (Lipinski definition) is 0. The van der Waals surface area contributed by atoms with E-state index in [0.29, 0.717) is 0 Å². The zero-order valence-electron chi connectivity index (χ0n) is 13.6. The van der Waals surface area contributed by atoms with E-state index < -0.39 is 0 Å². The second-order valence-electron chi connectivity index (χ2n) is 6.83. The van der Waals surface area contributed by atoms with Crippen molar-refractivity contribution in [1.29, 1.82) is 0 Å². The minimum atomic E-state index is 1.09. The third-order valence-electron chi connectivity index (χ3n) is 4.94. The van der Waals surface area contributed by atoms with Crippen LogP contribution in [-0.4, -0.2) is 0 Å². The molecule has 0 aromatic heterocycles. The van der Waals surface area contributed by atoms with Crippen LogP contribution in [0.2, 0.25) is 0 Å². The molecule has 1 rings (SSSR count). The smallest absolute Gasteiger partial charge is 0.0414 e. The van der Waals surface area contributed by atoms with Gasteiger partial charge in [-0.25, -0.2) is 0 Å². The number of hydrogen-bond donors (Lipinski definition) is 0. The topological polar surface area (TPSA) is 0 Å². The first-order chi connectivity index (χ1) is 9.43. The van der Waals surface area contributed by atoms with Gasteiger partial charge >= 0.3 is 0 Å². The summed E-state index contributed by atoms with van der Waals surface area (Å²) >= 11 is 0. The zero-order chi connectivity index (χ0) is 13.6. The normalized spacial score (nSPS) is 18.2. The lowest BCUT2D eigenvalue weighted by molar-refractivity contribution is 0.346. The third kappa shape index (κ3) is 10.4. The van der Waals surface area contributed by atoms with Crippen molar-refractivity contribution in [3.05, 3.63) is 0 Å². The second-order valence-corrected chi connectivity index (χ2v) is 6.83. The first kappa shape index (κ1) is 17.1. The van der Waals surface area contributed by atoms with E-state index in [2.05, 4.69) is 6.92 Å². The maximum Gasteiger partial charge on any atom is -0.0414 e. The molecule has 0 spiro atoms. The Hall–Kier alpha value is 0. The molecule has 0 aliphatic heterocycles. The minimum absolute atomic E-state index is 1.09. The third-order valence-corrected chi connectivity index (χ3v) is 4.94. The molecule has 0 aromatic rings. The van der Waals surface area contributed by atoms with Crippen LogP contribution in [0.3, 0.4) is 0 Å². The van der Waals surface area contributed by atoms with Gasteiger partial charge in [-0.15, -0.1) is 0 Å². The monoisotopic (exact) mass is 266 g/mol. The molecule has 0 nitrogen and oxygen atoms in total. The highest BCUT2D eigenvalue weighted by Crippen LogP contribution is 2.26. The van der Waals surface area contributed by atoms with Gasteiger partial charge in [0, 0.05) is 0 Å². The van der Waals surface area contributed by atoms with Crippen molar-refractivity contribution in [2.45, 2.75) is 116 Å². The van der Waals surface area contributed by atoms with Crippen LogP contribution in [0.4, 0.5) is 0 Å². The molecule has 0 aromatic carbocycles. The van der Waals surface area contributed by atoms with E-state index in [0.717, 1.165) is 5.92 Å². The fourth-order valence-corrected chi connectivity index (χ4v) is 3.57. The summed E-state index contributed by atoms with van der Waals surface area (Å²) in [5.41, 5.74) is 0. The van der Waals surface area contributed by atoms with Crippen molar-refractivity contribution in [3.8, 4) is 0 Å². The highest BCUT2D eigenvalue weighted by molar-refractivity contribution is 4.64. The van der Waals surface area contributed by atoms with Gasteiger partial charge in [-0.1, -0.05) is 116 Å². The van der Waals surface area contributed by atoms with Gasteiger partial charge in [-0.3, -0.25) is 0 Å². The molecule has 0 saturated heterocycles. The minimum Gasteiger partial charge on any atom is -0.0654 e. The van der Waals surface area contributed by atoms with Crippen LogP contribution in [0.15, 0.2) is 0 Å². The van der Waals surface area contributed by atoms with E-state index in [4.69, 9.17) is 0 Å². The van der Waals surface area contributed by atoms with Gasteiger partial charge in [0.2, 0.25) is 0 Å². The van der Waals surface area contributed by atoms with Crippen LogP contribution >= 0.6 is 0 Å². The predicted octanol–water partition coefficient (Wildman–Crippen LogP) is 7.27. The first-order valence-electron chi connectivity index (χ1n) is 9.43. The van der Waals surface area contributed by atoms with E-state index >= 15 is 0 Å². The average molecular weight is 267 g/mol. The van der Waals surface area contributed by atoms with Gasteiger partial charge in [0.25, 0.3) is 0 Å². The maximum absolute atomic E-state index is 2.30. The van der Waals surface area contributed by atoms with E-state index in [9.17, 15) is 0 Å². The summed E-state index contributed by atoms with van der Waals surface area (Å²) in [6, 6.07) is 0. The van der Waals surface area contributed by atoms with Gasteiger partial charge < -0.3 is 0 Å². The quantitative estimate of drug-likeness (QED) is 0.365. The molecule has 19 heavy (non-hydrogen) atoms. The molecule has 0 atom stereocenters. The number of rotatable bonds is 10. The molecule has 0 heterocycles. The van der Waals surface area contributed by atoms with E-state index in [1.54, 1.807) is 0 Å². The van der Waals surface area contributed by atoms with Crippen molar-refractivity contribution in [3.63, 3.8) is 0 Å². The van der Waals surface area contributed by atoms with Crippen molar-refractivity contribution < 1.29 is 0 Å². The Balaban J connectivity index is 1.84. The molecule has 1 fully saturated rings. The molecular weight excluding hydrogens is 228 g/mol. The lowest BCUT2D eigenvalue weighted by Gasteiger charge is -2.19. The molecule has 114 valence electrons. The van der Waals surface area contributed by atoms with Crippen LogP contribution in [-0.2, 0) is 0 Å². The molecule has 0 amide bonds.